The van der Waals surface area contributed by atoms with Crippen LogP contribution in [0.1, 0.15) is 45.4 Å². The van der Waals surface area contributed by atoms with E-state index in [-0.39, 0.29) is 0 Å². The quantitative estimate of drug-likeness (QED) is 0.717. The molecule has 1 atom stereocenters. The Morgan fingerprint density at radius 3 is 2.76 bits per heavy atom. The van der Waals surface area contributed by atoms with E-state index in [1.165, 1.54) is 19.4 Å². The number of likely N-dealkylation sites (N-methyl/N-ethyl adjacent to an activating group) is 1. The van der Waals surface area contributed by atoms with Crippen LogP contribution in [0.5, 0.6) is 0 Å². The maximum atomic E-state index is 5.37. The van der Waals surface area contributed by atoms with Crippen molar-refractivity contribution in [3.05, 3.63) is 24.2 Å². The standard InChI is InChI=1S/C14H26N2O/c1-4-6-10-16(5-2)11-9-15-13(3)14-8-7-12-17-14/h7-8,12-13,15H,4-6,9-11H2,1-3H3. The van der Waals surface area contributed by atoms with Crippen molar-refractivity contribution in [2.75, 3.05) is 26.2 Å². The Hall–Kier alpha value is -0.800. The molecule has 0 aliphatic heterocycles. The Morgan fingerprint density at radius 1 is 1.35 bits per heavy atom. The molecule has 0 saturated carbocycles. The first kappa shape index (κ1) is 14.3. The molecule has 1 aromatic rings. The molecule has 0 saturated heterocycles. The van der Waals surface area contributed by atoms with E-state index in [9.17, 15) is 0 Å². The first-order valence-electron chi connectivity index (χ1n) is 6.77. The number of nitrogens with one attached hydrogen (secondary N) is 1. The molecule has 0 bridgehead atoms. The van der Waals surface area contributed by atoms with E-state index in [1.54, 1.807) is 6.26 Å². The third kappa shape index (κ3) is 5.37. The normalized spacial score (nSPS) is 13.2. The van der Waals surface area contributed by atoms with Crippen LogP contribution in [-0.2, 0) is 0 Å². The lowest BCUT2D eigenvalue weighted by atomic mass is 10.2. The summed E-state index contributed by atoms with van der Waals surface area (Å²) >= 11 is 0. The maximum Gasteiger partial charge on any atom is 0.120 e. The number of rotatable bonds is 9. The lowest BCUT2D eigenvalue weighted by Gasteiger charge is -2.21. The Bertz CT molecular complexity index is 272. The van der Waals surface area contributed by atoms with Crippen LogP contribution in [0.25, 0.3) is 0 Å². The van der Waals surface area contributed by atoms with Crippen molar-refractivity contribution < 1.29 is 4.42 Å². The van der Waals surface area contributed by atoms with Crippen molar-refractivity contribution in [1.29, 1.82) is 0 Å². The van der Waals surface area contributed by atoms with Crippen molar-refractivity contribution >= 4 is 0 Å². The van der Waals surface area contributed by atoms with Gasteiger partial charge in [-0.25, -0.2) is 0 Å². The summed E-state index contributed by atoms with van der Waals surface area (Å²) in [6, 6.07) is 4.26. The Labute approximate surface area is 105 Å². The zero-order valence-corrected chi connectivity index (χ0v) is 11.4. The van der Waals surface area contributed by atoms with Gasteiger partial charge in [0.1, 0.15) is 5.76 Å². The lowest BCUT2D eigenvalue weighted by molar-refractivity contribution is 0.276. The topological polar surface area (TPSA) is 28.4 Å². The number of nitrogens with zero attached hydrogens (tertiary/aromatic N) is 1. The molecule has 3 heteroatoms. The van der Waals surface area contributed by atoms with Crippen LogP contribution in [0.4, 0.5) is 0 Å². The van der Waals surface area contributed by atoms with Crippen LogP contribution in [0, 0.1) is 0 Å². The van der Waals surface area contributed by atoms with Gasteiger partial charge in [-0.05, 0) is 38.6 Å². The molecule has 1 rings (SSSR count). The van der Waals surface area contributed by atoms with E-state index < -0.39 is 0 Å². The largest absolute Gasteiger partial charge is 0.468 e. The van der Waals surface area contributed by atoms with Crippen molar-refractivity contribution in [3.8, 4) is 0 Å². The predicted molar refractivity (Wildman–Crippen MR) is 72.1 cm³/mol. The summed E-state index contributed by atoms with van der Waals surface area (Å²) in [5.74, 6) is 1.02. The van der Waals surface area contributed by atoms with Gasteiger partial charge >= 0.3 is 0 Å². The second-order valence-corrected chi connectivity index (χ2v) is 4.48. The van der Waals surface area contributed by atoms with Gasteiger partial charge in [0, 0.05) is 13.1 Å². The van der Waals surface area contributed by atoms with E-state index in [2.05, 4.69) is 31.0 Å². The van der Waals surface area contributed by atoms with E-state index in [4.69, 9.17) is 4.42 Å². The van der Waals surface area contributed by atoms with Gasteiger partial charge in [0.2, 0.25) is 0 Å². The fourth-order valence-corrected chi connectivity index (χ4v) is 1.89. The zero-order chi connectivity index (χ0) is 12.5. The molecule has 1 heterocycles. The summed E-state index contributed by atoms with van der Waals surface area (Å²) in [5, 5.41) is 3.49. The molecule has 1 unspecified atom stereocenters. The summed E-state index contributed by atoms with van der Waals surface area (Å²) in [6.07, 6.45) is 4.29. The van der Waals surface area contributed by atoms with Crippen LogP contribution >= 0.6 is 0 Å². The molecule has 98 valence electrons. The van der Waals surface area contributed by atoms with Crippen molar-refractivity contribution in [1.82, 2.24) is 10.2 Å². The molecule has 3 nitrogen and oxygen atoms in total. The van der Waals surface area contributed by atoms with Gasteiger partial charge < -0.3 is 14.6 Å². The first-order valence-corrected chi connectivity index (χ1v) is 6.77. The third-order valence-electron chi connectivity index (χ3n) is 3.12. The predicted octanol–water partition coefficient (Wildman–Crippen LogP) is 3.05. The Kier molecular flexibility index (Phi) is 6.97. The summed E-state index contributed by atoms with van der Waals surface area (Å²) in [6.45, 7) is 11.1. The highest BCUT2D eigenvalue weighted by Gasteiger charge is 2.07. The van der Waals surface area contributed by atoms with E-state index >= 15 is 0 Å². The highest BCUT2D eigenvalue weighted by molar-refractivity contribution is 5.02. The lowest BCUT2D eigenvalue weighted by Crippen LogP contribution is -2.33. The van der Waals surface area contributed by atoms with Crippen LogP contribution in [0.2, 0.25) is 0 Å². The number of furan rings is 1. The molecule has 17 heavy (non-hydrogen) atoms. The minimum atomic E-state index is 0.301. The average molecular weight is 238 g/mol. The molecule has 0 aromatic carbocycles. The fourth-order valence-electron chi connectivity index (χ4n) is 1.89. The first-order chi connectivity index (χ1) is 8.27. The number of hydrogen-bond acceptors (Lipinski definition) is 3. The second kappa shape index (κ2) is 8.31. The molecule has 1 aromatic heterocycles. The fraction of sp³-hybridized carbons (Fsp3) is 0.714. The smallest absolute Gasteiger partial charge is 0.120 e. The van der Waals surface area contributed by atoms with Crippen LogP contribution in [0.15, 0.2) is 22.8 Å². The minimum Gasteiger partial charge on any atom is -0.468 e. The Balaban J connectivity index is 2.17. The molecule has 0 aliphatic carbocycles. The number of unbranched alkanes of at least 4 members (excludes halogenated alkanes) is 1. The molecule has 0 radical (unpaired) electrons. The summed E-state index contributed by atoms with van der Waals surface area (Å²) < 4.78 is 5.37. The third-order valence-corrected chi connectivity index (χ3v) is 3.12. The summed E-state index contributed by atoms with van der Waals surface area (Å²) in [4.78, 5) is 2.49. The van der Waals surface area contributed by atoms with E-state index in [0.717, 1.165) is 25.4 Å². The van der Waals surface area contributed by atoms with Gasteiger partial charge in [0.25, 0.3) is 0 Å². The highest BCUT2D eigenvalue weighted by Crippen LogP contribution is 2.11. The molecule has 0 amide bonds. The molecule has 0 aliphatic rings. The van der Waals surface area contributed by atoms with Gasteiger partial charge in [0.15, 0.2) is 0 Å². The van der Waals surface area contributed by atoms with Crippen LogP contribution in [-0.4, -0.2) is 31.1 Å². The van der Waals surface area contributed by atoms with Gasteiger partial charge in [-0.1, -0.05) is 20.3 Å². The van der Waals surface area contributed by atoms with Gasteiger partial charge in [0.05, 0.1) is 12.3 Å². The van der Waals surface area contributed by atoms with Gasteiger partial charge in [-0.3, -0.25) is 0 Å². The van der Waals surface area contributed by atoms with E-state index in [1.807, 2.05) is 12.1 Å². The van der Waals surface area contributed by atoms with Crippen LogP contribution in [0.3, 0.4) is 0 Å². The SMILES string of the molecule is CCCCN(CC)CCNC(C)c1ccco1. The summed E-state index contributed by atoms with van der Waals surface area (Å²) in [7, 11) is 0. The monoisotopic (exact) mass is 238 g/mol. The molecular formula is C14H26N2O. The number of hydrogen-bond donors (Lipinski definition) is 1. The molecule has 1 N–H and O–H groups in total. The highest BCUT2D eigenvalue weighted by atomic mass is 16.3. The minimum absolute atomic E-state index is 0.301. The molecular weight excluding hydrogens is 212 g/mol. The van der Waals surface area contributed by atoms with E-state index in [0.29, 0.717) is 6.04 Å². The van der Waals surface area contributed by atoms with Crippen molar-refractivity contribution in [2.24, 2.45) is 0 Å². The summed E-state index contributed by atoms with van der Waals surface area (Å²) in [5.41, 5.74) is 0. The average Bonchev–Trinajstić information content (AvgIpc) is 2.87. The second-order valence-electron chi connectivity index (χ2n) is 4.48. The van der Waals surface area contributed by atoms with Gasteiger partial charge in [-0.15, -0.1) is 0 Å². The molecule has 0 spiro atoms. The van der Waals surface area contributed by atoms with Crippen molar-refractivity contribution in [3.63, 3.8) is 0 Å². The zero-order valence-electron chi connectivity index (χ0n) is 11.4. The van der Waals surface area contributed by atoms with Crippen LogP contribution < -0.4 is 5.32 Å². The van der Waals surface area contributed by atoms with Gasteiger partial charge in [-0.2, -0.15) is 0 Å². The molecule has 0 fully saturated rings. The Morgan fingerprint density at radius 2 is 2.18 bits per heavy atom. The maximum absolute atomic E-state index is 5.37. The van der Waals surface area contributed by atoms with Crippen molar-refractivity contribution in [2.45, 2.75) is 39.7 Å².